The SMILES string of the molecule is COc1cc(-c2nc(C(F)(F)F)nn2-c2ccc(S(C)(=O)=O)cc2)cc(OC)c1OC. The second-order valence-corrected chi connectivity index (χ2v) is 8.36. The number of hydrogen-bond acceptors (Lipinski definition) is 7. The fourth-order valence-corrected chi connectivity index (χ4v) is 3.47. The zero-order chi connectivity index (χ0) is 23.0. The molecule has 12 heteroatoms. The van der Waals surface area contributed by atoms with E-state index < -0.39 is 21.8 Å². The molecule has 2 aromatic carbocycles. The lowest BCUT2D eigenvalue weighted by atomic mass is 10.1. The molecule has 0 bridgehead atoms. The van der Waals surface area contributed by atoms with E-state index in [1.807, 2.05) is 0 Å². The number of nitrogens with zero attached hydrogens (tertiary/aromatic N) is 3. The predicted octanol–water partition coefficient (Wildman–Crippen LogP) is 3.38. The van der Waals surface area contributed by atoms with Crippen molar-refractivity contribution in [2.24, 2.45) is 0 Å². The summed E-state index contributed by atoms with van der Waals surface area (Å²) in [6.07, 6.45) is -3.77. The highest BCUT2D eigenvalue weighted by molar-refractivity contribution is 7.90. The molecule has 8 nitrogen and oxygen atoms in total. The second kappa shape index (κ2) is 8.10. The van der Waals surface area contributed by atoms with Gasteiger partial charge in [0.1, 0.15) is 0 Å². The maximum atomic E-state index is 13.4. The molecule has 0 aliphatic rings. The van der Waals surface area contributed by atoms with Crippen LogP contribution >= 0.6 is 0 Å². The van der Waals surface area contributed by atoms with Crippen LogP contribution in [-0.2, 0) is 16.0 Å². The Morgan fingerprint density at radius 1 is 0.935 bits per heavy atom. The van der Waals surface area contributed by atoms with E-state index in [0.717, 1.165) is 10.9 Å². The summed E-state index contributed by atoms with van der Waals surface area (Å²) in [5.41, 5.74) is 0.392. The van der Waals surface area contributed by atoms with E-state index >= 15 is 0 Å². The zero-order valence-corrected chi connectivity index (χ0v) is 17.7. The van der Waals surface area contributed by atoms with E-state index in [-0.39, 0.29) is 39.2 Å². The van der Waals surface area contributed by atoms with Crippen LogP contribution in [0, 0.1) is 0 Å². The first-order valence-electron chi connectivity index (χ1n) is 8.64. The van der Waals surface area contributed by atoms with Crippen LogP contribution in [0.1, 0.15) is 5.82 Å². The van der Waals surface area contributed by atoms with Crippen molar-refractivity contribution in [3.63, 3.8) is 0 Å². The number of aromatic nitrogens is 3. The van der Waals surface area contributed by atoms with Crippen LogP contribution < -0.4 is 14.2 Å². The summed E-state index contributed by atoms with van der Waals surface area (Å²) in [7, 11) is 0.660. The van der Waals surface area contributed by atoms with Crippen LogP contribution in [0.25, 0.3) is 17.1 Å². The van der Waals surface area contributed by atoms with Crippen LogP contribution in [0.15, 0.2) is 41.3 Å². The van der Waals surface area contributed by atoms with E-state index in [9.17, 15) is 21.6 Å². The van der Waals surface area contributed by atoms with Gasteiger partial charge < -0.3 is 14.2 Å². The van der Waals surface area contributed by atoms with Gasteiger partial charge in [0, 0.05) is 11.8 Å². The Morgan fingerprint density at radius 2 is 1.48 bits per heavy atom. The lowest BCUT2D eigenvalue weighted by Gasteiger charge is -2.14. The summed E-state index contributed by atoms with van der Waals surface area (Å²) in [5.74, 6) is -0.824. The smallest absolute Gasteiger partial charge is 0.453 e. The third kappa shape index (κ3) is 4.43. The first kappa shape index (κ1) is 22.4. The fourth-order valence-electron chi connectivity index (χ4n) is 2.84. The van der Waals surface area contributed by atoms with Gasteiger partial charge in [-0.3, -0.25) is 0 Å². The lowest BCUT2D eigenvalue weighted by molar-refractivity contribution is -0.144. The molecule has 31 heavy (non-hydrogen) atoms. The summed E-state index contributed by atoms with van der Waals surface area (Å²) in [4.78, 5) is 3.68. The number of rotatable bonds is 6. The third-order valence-electron chi connectivity index (χ3n) is 4.29. The van der Waals surface area contributed by atoms with E-state index in [1.165, 1.54) is 57.7 Å². The summed E-state index contributed by atoms with van der Waals surface area (Å²) in [5, 5.41) is 3.59. The summed E-state index contributed by atoms with van der Waals surface area (Å²) in [6.45, 7) is 0. The minimum absolute atomic E-state index is 0.0155. The third-order valence-corrected chi connectivity index (χ3v) is 5.42. The standard InChI is InChI=1S/C19H18F3N3O5S/c1-28-14-9-11(10-15(29-2)16(14)30-3)17-23-18(19(20,21)22)24-25(17)12-5-7-13(8-6-12)31(4,26)27/h5-10H,1-4H3. The summed E-state index contributed by atoms with van der Waals surface area (Å²) in [6, 6.07) is 8.11. The van der Waals surface area contributed by atoms with Gasteiger partial charge >= 0.3 is 6.18 Å². The van der Waals surface area contributed by atoms with Gasteiger partial charge in [-0.25, -0.2) is 18.1 Å². The normalized spacial score (nSPS) is 12.0. The Labute approximate surface area is 176 Å². The molecule has 1 aromatic heterocycles. The topological polar surface area (TPSA) is 92.5 Å². The quantitative estimate of drug-likeness (QED) is 0.560. The molecule has 1 heterocycles. The highest BCUT2D eigenvalue weighted by Gasteiger charge is 2.37. The highest BCUT2D eigenvalue weighted by atomic mass is 32.2. The van der Waals surface area contributed by atoms with Gasteiger partial charge in [0.25, 0.3) is 5.82 Å². The second-order valence-electron chi connectivity index (χ2n) is 6.35. The molecule has 0 atom stereocenters. The number of halogens is 3. The van der Waals surface area contributed by atoms with Crippen LogP contribution in [0.4, 0.5) is 13.2 Å². The first-order valence-corrected chi connectivity index (χ1v) is 10.5. The molecule has 0 spiro atoms. The number of alkyl halides is 3. The Kier molecular flexibility index (Phi) is 5.85. The highest BCUT2D eigenvalue weighted by Crippen LogP contribution is 2.41. The molecule has 3 aromatic rings. The Bertz CT molecular complexity index is 1180. The van der Waals surface area contributed by atoms with Gasteiger partial charge in [-0.15, -0.1) is 5.10 Å². The van der Waals surface area contributed by atoms with E-state index in [0.29, 0.717) is 0 Å². The summed E-state index contributed by atoms with van der Waals surface area (Å²) < 4.78 is 80.2. The Balaban J connectivity index is 2.25. The van der Waals surface area contributed by atoms with Crippen LogP contribution in [0.3, 0.4) is 0 Å². The van der Waals surface area contributed by atoms with Crippen LogP contribution in [0.5, 0.6) is 17.2 Å². The maximum absolute atomic E-state index is 13.4. The molecule has 0 unspecified atom stereocenters. The number of ether oxygens (including phenoxy) is 3. The molecule has 0 saturated heterocycles. The van der Waals surface area contributed by atoms with E-state index in [4.69, 9.17) is 14.2 Å². The van der Waals surface area contributed by atoms with Crippen LogP contribution in [-0.4, -0.2) is 50.8 Å². The number of methoxy groups -OCH3 is 3. The number of benzene rings is 2. The molecule has 3 rings (SSSR count). The van der Waals surface area contributed by atoms with Crippen molar-refractivity contribution in [3.8, 4) is 34.3 Å². The van der Waals surface area contributed by atoms with Crippen molar-refractivity contribution >= 4 is 9.84 Å². The molecule has 0 radical (unpaired) electrons. The molecule has 166 valence electrons. The van der Waals surface area contributed by atoms with Crippen molar-refractivity contribution in [3.05, 3.63) is 42.2 Å². The van der Waals surface area contributed by atoms with Crippen molar-refractivity contribution in [1.29, 1.82) is 0 Å². The van der Waals surface area contributed by atoms with E-state index in [2.05, 4.69) is 10.1 Å². The Morgan fingerprint density at radius 3 is 1.90 bits per heavy atom. The van der Waals surface area contributed by atoms with Crippen LogP contribution in [0.2, 0.25) is 0 Å². The molecular weight excluding hydrogens is 439 g/mol. The molecule has 0 amide bonds. The monoisotopic (exact) mass is 457 g/mol. The average Bonchev–Trinajstić information content (AvgIpc) is 3.18. The first-order chi connectivity index (χ1) is 14.5. The van der Waals surface area contributed by atoms with E-state index in [1.54, 1.807) is 0 Å². The average molecular weight is 457 g/mol. The van der Waals surface area contributed by atoms with Crippen molar-refractivity contribution in [2.75, 3.05) is 27.6 Å². The minimum atomic E-state index is -4.80. The fraction of sp³-hybridized carbons (Fsp3) is 0.263. The minimum Gasteiger partial charge on any atom is -0.493 e. The molecular formula is C19H18F3N3O5S. The molecule has 0 aliphatic heterocycles. The van der Waals surface area contributed by atoms with Gasteiger partial charge in [-0.1, -0.05) is 0 Å². The molecule has 0 fully saturated rings. The van der Waals surface area contributed by atoms with Gasteiger partial charge in [0.05, 0.1) is 31.9 Å². The predicted molar refractivity (Wildman–Crippen MR) is 105 cm³/mol. The van der Waals surface area contributed by atoms with Gasteiger partial charge in [-0.2, -0.15) is 13.2 Å². The number of hydrogen-bond donors (Lipinski definition) is 0. The van der Waals surface area contributed by atoms with Crippen molar-refractivity contribution in [2.45, 2.75) is 11.1 Å². The van der Waals surface area contributed by atoms with Gasteiger partial charge in [0.2, 0.25) is 5.75 Å². The lowest BCUT2D eigenvalue weighted by Crippen LogP contribution is -2.08. The Hall–Kier alpha value is -3.28. The zero-order valence-electron chi connectivity index (χ0n) is 16.9. The number of sulfone groups is 1. The van der Waals surface area contributed by atoms with Crippen molar-refractivity contribution in [1.82, 2.24) is 14.8 Å². The molecule has 0 saturated carbocycles. The largest absolute Gasteiger partial charge is 0.493 e. The van der Waals surface area contributed by atoms with Gasteiger partial charge in [-0.05, 0) is 36.4 Å². The summed E-state index contributed by atoms with van der Waals surface area (Å²) >= 11 is 0. The van der Waals surface area contributed by atoms with Gasteiger partial charge in [0.15, 0.2) is 27.2 Å². The maximum Gasteiger partial charge on any atom is 0.453 e. The molecule has 0 N–H and O–H groups in total. The van der Waals surface area contributed by atoms with Crippen molar-refractivity contribution < 1.29 is 35.8 Å². The molecule has 0 aliphatic carbocycles.